The number of nitrogens with one attached hydrogen (secondary N) is 2. The van der Waals surface area contributed by atoms with E-state index in [0.717, 1.165) is 30.4 Å². The van der Waals surface area contributed by atoms with Crippen molar-refractivity contribution in [3.05, 3.63) is 44.6 Å². The van der Waals surface area contributed by atoms with Crippen LogP contribution in [0.25, 0.3) is 16.7 Å². The molecule has 2 heterocycles. The standard InChI is InChI=1S/C23H30N6O4/c1-23(2,3)25-18(30)13-28-22(33)29-17-12-14(19(31)24-15-8-6-5-7-9-15)10-11-16(17)20(32)27(4)21(29)26-28/h10-12,15H,5-9,13H2,1-4H3,(H,24,31)(H,25,30). The van der Waals surface area contributed by atoms with Gasteiger partial charge in [-0.25, -0.2) is 13.9 Å². The second-order valence-corrected chi connectivity index (χ2v) is 9.78. The number of carbonyl (C=O) groups is 2. The maximum atomic E-state index is 13.2. The number of amides is 2. The maximum Gasteiger partial charge on any atom is 0.352 e. The lowest BCUT2D eigenvalue weighted by atomic mass is 9.95. The molecule has 0 bridgehead atoms. The molecule has 3 aromatic rings. The largest absolute Gasteiger partial charge is 0.352 e. The molecule has 0 aliphatic heterocycles. The average Bonchev–Trinajstić information content (AvgIpc) is 3.07. The van der Waals surface area contributed by atoms with Crippen LogP contribution in [0.1, 0.15) is 63.2 Å². The first-order chi connectivity index (χ1) is 15.5. The van der Waals surface area contributed by atoms with Crippen LogP contribution in [0.5, 0.6) is 0 Å². The molecular weight excluding hydrogens is 424 g/mol. The fourth-order valence-electron chi connectivity index (χ4n) is 4.35. The first kappa shape index (κ1) is 22.8. The van der Waals surface area contributed by atoms with Crippen LogP contribution >= 0.6 is 0 Å². The number of hydrogen-bond acceptors (Lipinski definition) is 5. The van der Waals surface area contributed by atoms with Crippen LogP contribution in [0.15, 0.2) is 27.8 Å². The van der Waals surface area contributed by atoms with Crippen LogP contribution in [0.3, 0.4) is 0 Å². The van der Waals surface area contributed by atoms with Gasteiger partial charge in [0.25, 0.3) is 11.5 Å². The van der Waals surface area contributed by atoms with Crippen molar-refractivity contribution < 1.29 is 9.59 Å². The van der Waals surface area contributed by atoms with Crippen molar-refractivity contribution in [2.24, 2.45) is 7.05 Å². The third-order valence-electron chi connectivity index (χ3n) is 5.91. The van der Waals surface area contributed by atoms with Crippen molar-refractivity contribution >= 4 is 28.5 Å². The van der Waals surface area contributed by atoms with Crippen LogP contribution in [-0.4, -0.2) is 42.1 Å². The molecule has 1 aliphatic rings. The molecule has 1 fully saturated rings. The summed E-state index contributed by atoms with van der Waals surface area (Å²) in [6, 6.07) is 4.84. The molecule has 0 saturated heterocycles. The number of carbonyl (C=O) groups excluding carboxylic acids is 2. The quantitative estimate of drug-likeness (QED) is 0.616. The van der Waals surface area contributed by atoms with Gasteiger partial charge in [-0.2, -0.15) is 0 Å². The minimum atomic E-state index is -0.556. The third-order valence-corrected chi connectivity index (χ3v) is 5.91. The van der Waals surface area contributed by atoms with Gasteiger partial charge in [-0.3, -0.25) is 19.0 Å². The smallest absolute Gasteiger partial charge is 0.350 e. The molecule has 0 unspecified atom stereocenters. The summed E-state index contributed by atoms with van der Waals surface area (Å²) in [6.45, 7) is 5.24. The van der Waals surface area contributed by atoms with E-state index in [0.29, 0.717) is 10.9 Å². The average molecular weight is 455 g/mol. The minimum Gasteiger partial charge on any atom is -0.350 e. The summed E-state index contributed by atoms with van der Waals surface area (Å²) in [6.07, 6.45) is 5.28. The molecule has 176 valence electrons. The predicted octanol–water partition coefficient (Wildman–Crippen LogP) is 1.33. The fraction of sp³-hybridized carbons (Fsp3) is 0.522. The Morgan fingerprint density at radius 2 is 1.82 bits per heavy atom. The van der Waals surface area contributed by atoms with E-state index in [1.165, 1.54) is 22.4 Å². The number of benzene rings is 1. The first-order valence-electron chi connectivity index (χ1n) is 11.3. The van der Waals surface area contributed by atoms with Crippen molar-refractivity contribution in [1.29, 1.82) is 0 Å². The van der Waals surface area contributed by atoms with Gasteiger partial charge in [0.15, 0.2) is 0 Å². The van der Waals surface area contributed by atoms with Crippen LogP contribution in [-0.2, 0) is 18.4 Å². The lowest BCUT2D eigenvalue weighted by molar-refractivity contribution is -0.123. The van der Waals surface area contributed by atoms with E-state index in [4.69, 9.17) is 0 Å². The molecule has 33 heavy (non-hydrogen) atoms. The van der Waals surface area contributed by atoms with Gasteiger partial charge in [-0.1, -0.05) is 19.3 Å². The Kier molecular flexibility index (Phi) is 5.85. The molecule has 1 aliphatic carbocycles. The zero-order valence-corrected chi connectivity index (χ0v) is 19.5. The van der Waals surface area contributed by atoms with E-state index < -0.39 is 11.2 Å². The van der Waals surface area contributed by atoms with Crippen LogP contribution in [0.4, 0.5) is 0 Å². The molecule has 4 rings (SSSR count). The highest BCUT2D eigenvalue weighted by Crippen LogP contribution is 2.19. The third kappa shape index (κ3) is 4.55. The lowest BCUT2D eigenvalue weighted by Crippen LogP contribution is -2.43. The normalized spacial score (nSPS) is 15.2. The monoisotopic (exact) mass is 454 g/mol. The lowest BCUT2D eigenvalue weighted by Gasteiger charge is -2.22. The van der Waals surface area contributed by atoms with E-state index in [1.807, 2.05) is 20.8 Å². The van der Waals surface area contributed by atoms with Gasteiger partial charge in [0, 0.05) is 24.2 Å². The predicted molar refractivity (Wildman–Crippen MR) is 124 cm³/mol. The summed E-state index contributed by atoms with van der Waals surface area (Å²) < 4.78 is 3.58. The molecule has 1 aromatic carbocycles. The van der Waals surface area contributed by atoms with Crippen molar-refractivity contribution in [2.75, 3.05) is 0 Å². The van der Waals surface area contributed by atoms with E-state index in [9.17, 15) is 19.2 Å². The Balaban J connectivity index is 1.77. The summed E-state index contributed by atoms with van der Waals surface area (Å²) in [5.41, 5.74) is -0.697. The van der Waals surface area contributed by atoms with E-state index in [2.05, 4.69) is 15.7 Å². The Morgan fingerprint density at radius 1 is 1.12 bits per heavy atom. The van der Waals surface area contributed by atoms with Crippen LogP contribution in [0.2, 0.25) is 0 Å². The molecule has 2 N–H and O–H groups in total. The van der Waals surface area contributed by atoms with Gasteiger partial charge in [0.2, 0.25) is 11.7 Å². The maximum absolute atomic E-state index is 13.2. The Bertz CT molecular complexity index is 1350. The van der Waals surface area contributed by atoms with Gasteiger partial charge < -0.3 is 10.6 Å². The number of rotatable bonds is 4. The molecule has 1 saturated carbocycles. The fourth-order valence-corrected chi connectivity index (χ4v) is 4.35. The Morgan fingerprint density at radius 3 is 2.48 bits per heavy atom. The molecule has 10 nitrogen and oxygen atoms in total. The highest BCUT2D eigenvalue weighted by Gasteiger charge is 2.21. The Labute approximate surface area is 190 Å². The van der Waals surface area contributed by atoms with E-state index in [1.54, 1.807) is 18.2 Å². The van der Waals surface area contributed by atoms with Gasteiger partial charge in [-0.15, -0.1) is 5.10 Å². The highest BCUT2D eigenvalue weighted by molar-refractivity contribution is 5.98. The number of hydrogen-bond donors (Lipinski definition) is 2. The molecule has 2 amide bonds. The van der Waals surface area contributed by atoms with Gasteiger partial charge >= 0.3 is 5.69 Å². The molecule has 10 heteroatoms. The second kappa shape index (κ2) is 8.49. The highest BCUT2D eigenvalue weighted by atomic mass is 16.2. The minimum absolute atomic E-state index is 0.103. The van der Waals surface area contributed by atoms with Crippen LogP contribution < -0.4 is 21.9 Å². The van der Waals surface area contributed by atoms with Gasteiger partial charge in [-0.05, 0) is 51.8 Å². The van der Waals surface area contributed by atoms with Crippen molar-refractivity contribution in [1.82, 2.24) is 29.4 Å². The van der Waals surface area contributed by atoms with Crippen molar-refractivity contribution in [3.63, 3.8) is 0 Å². The summed E-state index contributed by atoms with van der Waals surface area (Å²) in [5.74, 6) is -0.497. The number of nitrogens with zero attached hydrogens (tertiary/aromatic N) is 4. The van der Waals surface area contributed by atoms with E-state index in [-0.39, 0.29) is 41.3 Å². The van der Waals surface area contributed by atoms with E-state index >= 15 is 0 Å². The summed E-state index contributed by atoms with van der Waals surface area (Å²) in [5, 5.41) is 10.4. The van der Waals surface area contributed by atoms with Crippen LogP contribution in [0, 0.1) is 0 Å². The first-order valence-corrected chi connectivity index (χ1v) is 11.3. The topological polar surface area (TPSA) is 120 Å². The van der Waals surface area contributed by atoms with Crippen molar-refractivity contribution in [2.45, 2.75) is 71.0 Å². The Hall–Kier alpha value is -3.43. The summed E-state index contributed by atoms with van der Waals surface area (Å²) >= 11 is 0. The van der Waals surface area contributed by atoms with Crippen molar-refractivity contribution in [3.8, 4) is 0 Å². The van der Waals surface area contributed by atoms with Gasteiger partial charge in [0.1, 0.15) is 6.54 Å². The molecular formula is C23H30N6O4. The zero-order valence-electron chi connectivity index (χ0n) is 19.5. The summed E-state index contributed by atoms with van der Waals surface area (Å²) in [7, 11) is 1.52. The second-order valence-electron chi connectivity index (χ2n) is 9.78. The molecule has 0 atom stereocenters. The zero-order chi connectivity index (χ0) is 23.9. The van der Waals surface area contributed by atoms with Gasteiger partial charge in [0.05, 0.1) is 10.9 Å². The SMILES string of the molecule is Cn1c(=O)c2ccc(C(=O)NC3CCCCC3)cc2n2c(=O)n(CC(=O)NC(C)(C)C)nc12. The summed E-state index contributed by atoms with van der Waals surface area (Å²) in [4.78, 5) is 51.3. The molecule has 0 radical (unpaired) electrons. The molecule has 2 aromatic heterocycles. The number of fused-ring (bicyclic) bond motifs is 3. The number of aryl methyl sites for hydroxylation is 1. The molecule has 0 spiro atoms. The number of aromatic nitrogens is 4.